The minimum absolute atomic E-state index is 0.0226. The van der Waals surface area contributed by atoms with Gasteiger partial charge in [-0.15, -0.1) is 11.8 Å². The van der Waals surface area contributed by atoms with E-state index in [0.29, 0.717) is 23.1 Å². The summed E-state index contributed by atoms with van der Waals surface area (Å²) in [6.45, 7) is 5.56. The maximum Gasteiger partial charge on any atom is 0.248 e. The van der Waals surface area contributed by atoms with Crippen LogP contribution in [0.4, 0.5) is 5.69 Å². The molecule has 2 heterocycles. The minimum Gasteiger partial charge on any atom is -0.506 e. The van der Waals surface area contributed by atoms with Crippen LogP contribution in [0.5, 0.6) is 5.75 Å². The van der Waals surface area contributed by atoms with Gasteiger partial charge in [0.05, 0.1) is 5.69 Å². The van der Waals surface area contributed by atoms with Crippen LogP contribution < -0.4 is 10.2 Å². The number of thioether (sulfide) groups is 1. The predicted octanol–water partition coefficient (Wildman–Crippen LogP) is 4.25. The first-order valence-electron chi connectivity index (χ1n) is 10.8. The molecule has 0 spiro atoms. The number of nitrogens with one attached hydrogen (secondary N) is 1. The molecule has 2 aliphatic rings. The smallest absolute Gasteiger partial charge is 0.248 e. The molecule has 1 fully saturated rings. The number of hydrogen-bond acceptors (Lipinski definition) is 5. The van der Waals surface area contributed by atoms with Gasteiger partial charge in [0, 0.05) is 54.0 Å². The molecule has 2 N–H and O–H groups in total. The zero-order valence-corrected chi connectivity index (χ0v) is 19.1. The number of carbonyl (C=O) groups is 1. The lowest BCUT2D eigenvalue weighted by Crippen LogP contribution is -2.46. The highest BCUT2D eigenvalue weighted by Crippen LogP contribution is 2.33. The Morgan fingerprint density at radius 3 is 2.71 bits per heavy atom. The van der Waals surface area contributed by atoms with Crippen molar-refractivity contribution >= 4 is 41.0 Å². The minimum atomic E-state index is 0.0226. The van der Waals surface area contributed by atoms with Crippen molar-refractivity contribution in [2.45, 2.75) is 17.7 Å². The zero-order valence-electron chi connectivity index (χ0n) is 17.5. The highest BCUT2D eigenvalue weighted by molar-refractivity contribution is 7.99. The molecule has 0 radical (unpaired) electrons. The van der Waals surface area contributed by atoms with Crippen molar-refractivity contribution in [1.82, 2.24) is 10.2 Å². The molecule has 0 aliphatic carbocycles. The van der Waals surface area contributed by atoms with E-state index in [1.807, 2.05) is 42.5 Å². The number of halogens is 1. The average molecular weight is 458 g/mol. The van der Waals surface area contributed by atoms with Crippen LogP contribution in [-0.2, 0) is 4.79 Å². The summed E-state index contributed by atoms with van der Waals surface area (Å²) >= 11 is 7.76. The number of phenolic OH excluding ortho intramolecular Hbond substituents is 1. The molecule has 4 rings (SSSR count). The van der Waals surface area contributed by atoms with Gasteiger partial charge < -0.3 is 15.3 Å². The van der Waals surface area contributed by atoms with Gasteiger partial charge in [-0.3, -0.25) is 9.69 Å². The molecule has 0 saturated carbocycles. The Morgan fingerprint density at radius 2 is 1.90 bits per heavy atom. The SMILES string of the molecule is O=C(NCCCCN1CCN(c2ccccc2O)CC1)C1=Cc2cc(Cl)ccc2SC1. The Labute approximate surface area is 193 Å². The fraction of sp³-hybridized carbons (Fsp3) is 0.375. The fourth-order valence-electron chi connectivity index (χ4n) is 4.00. The monoisotopic (exact) mass is 457 g/mol. The maximum atomic E-state index is 12.5. The lowest BCUT2D eigenvalue weighted by molar-refractivity contribution is -0.117. The highest BCUT2D eigenvalue weighted by Gasteiger charge is 2.19. The first kappa shape index (κ1) is 22.1. The van der Waals surface area contributed by atoms with E-state index in [4.69, 9.17) is 11.6 Å². The number of rotatable bonds is 7. The standard InChI is InChI=1S/C24H28ClN3O2S/c25-20-7-8-23-18(16-20)15-19(17-31-23)24(30)26-9-3-4-10-27-11-13-28(14-12-27)21-5-1-2-6-22(21)29/h1-2,5-8,15-16,29H,3-4,9-14,17H2,(H,26,30). The summed E-state index contributed by atoms with van der Waals surface area (Å²) in [5.74, 6) is 1.07. The quantitative estimate of drug-likeness (QED) is 0.608. The third kappa shape index (κ3) is 5.76. The number of phenols is 1. The second-order valence-electron chi connectivity index (χ2n) is 7.92. The third-order valence-corrected chi connectivity index (χ3v) is 7.13. The lowest BCUT2D eigenvalue weighted by atomic mass is 10.1. The summed E-state index contributed by atoms with van der Waals surface area (Å²) < 4.78 is 0. The Morgan fingerprint density at radius 1 is 1.10 bits per heavy atom. The fourth-order valence-corrected chi connectivity index (χ4v) is 5.15. The molecular weight excluding hydrogens is 430 g/mol. The van der Waals surface area contributed by atoms with Gasteiger partial charge in [0.1, 0.15) is 5.75 Å². The summed E-state index contributed by atoms with van der Waals surface area (Å²) in [5.41, 5.74) is 2.75. The molecule has 2 aromatic rings. The molecule has 2 aromatic carbocycles. The number of nitrogens with zero attached hydrogens (tertiary/aromatic N) is 2. The van der Waals surface area contributed by atoms with Crippen molar-refractivity contribution in [2.75, 3.05) is 49.9 Å². The Balaban J connectivity index is 1.15. The first-order valence-corrected chi connectivity index (χ1v) is 12.1. The molecule has 0 unspecified atom stereocenters. The van der Waals surface area contributed by atoms with Gasteiger partial charge in [0.25, 0.3) is 0 Å². The number of aromatic hydroxyl groups is 1. The second kappa shape index (κ2) is 10.4. The molecule has 164 valence electrons. The molecule has 0 bridgehead atoms. The number of amides is 1. The molecule has 0 aromatic heterocycles. The van der Waals surface area contributed by atoms with Crippen LogP contribution >= 0.6 is 23.4 Å². The molecule has 0 atom stereocenters. The van der Waals surface area contributed by atoms with Crippen molar-refractivity contribution in [3.63, 3.8) is 0 Å². The van der Waals surface area contributed by atoms with Crippen molar-refractivity contribution in [1.29, 1.82) is 0 Å². The largest absolute Gasteiger partial charge is 0.506 e. The number of unbranched alkanes of at least 4 members (excludes halogenated alkanes) is 1. The lowest BCUT2D eigenvalue weighted by Gasteiger charge is -2.36. The van der Waals surface area contributed by atoms with E-state index >= 15 is 0 Å². The normalized spacial score (nSPS) is 16.5. The number of anilines is 1. The summed E-state index contributed by atoms with van der Waals surface area (Å²) in [5, 5.41) is 13.8. The number of para-hydroxylation sites is 2. The van der Waals surface area contributed by atoms with E-state index in [9.17, 15) is 9.90 Å². The van der Waals surface area contributed by atoms with Crippen molar-refractivity contribution < 1.29 is 9.90 Å². The van der Waals surface area contributed by atoms with E-state index in [-0.39, 0.29) is 5.91 Å². The van der Waals surface area contributed by atoms with Gasteiger partial charge in [0.2, 0.25) is 5.91 Å². The van der Waals surface area contributed by atoms with Crippen LogP contribution in [0.3, 0.4) is 0 Å². The number of piperazine rings is 1. The van der Waals surface area contributed by atoms with Crippen LogP contribution in [0.2, 0.25) is 5.02 Å². The van der Waals surface area contributed by atoms with Gasteiger partial charge in [-0.2, -0.15) is 0 Å². The van der Waals surface area contributed by atoms with Crippen LogP contribution in [0.15, 0.2) is 52.9 Å². The molecule has 1 amide bonds. The van der Waals surface area contributed by atoms with Gasteiger partial charge >= 0.3 is 0 Å². The number of fused-ring (bicyclic) bond motifs is 1. The Kier molecular flexibility index (Phi) is 7.43. The van der Waals surface area contributed by atoms with E-state index in [1.165, 1.54) is 4.90 Å². The second-order valence-corrected chi connectivity index (χ2v) is 9.37. The average Bonchev–Trinajstić information content (AvgIpc) is 2.79. The van der Waals surface area contributed by atoms with E-state index in [0.717, 1.165) is 62.4 Å². The summed E-state index contributed by atoms with van der Waals surface area (Å²) in [6, 6.07) is 13.3. The van der Waals surface area contributed by atoms with Gasteiger partial charge in [-0.25, -0.2) is 0 Å². The first-order chi connectivity index (χ1) is 15.1. The highest BCUT2D eigenvalue weighted by atomic mass is 35.5. The van der Waals surface area contributed by atoms with E-state index in [2.05, 4.69) is 15.1 Å². The topological polar surface area (TPSA) is 55.8 Å². The summed E-state index contributed by atoms with van der Waals surface area (Å²) in [7, 11) is 0. The van der Waals surface area contributed by atoms with Gasteiger partial charge in [-0.1, -0.05) is 23.7 Å². The molecule has 1 saturated heterocycles. The molecule has 31 heavy (non-hydrogen) atoms. The Hall–Kier alpha value is -2.15. The molecular formula is C24H28ClN3O2S. The van der Waals surface area contributed by atoms with Crippen LogP contribution in [0.1, 0.15) is 18.4 Å². The van der Waals surface area contributed by atoms with E-state index in [1.54, 1.807) is 17.8 Å². The van der Waals surface area contributed by atoms with E-state index < -0.39 is 0 Å². The third-order valence-electron chi connectivity index (χ3n) is 5.76. The zero-order chi connectivity index (χ0) is 21.6. The van der Waals surface area contributed by atoms with Gasteiger partial charge in [0.15, 0.2) is 0 Å². The van der Waals surface area contributed by atoms with Crippen molar-refractivity contribution in [2.24, 2.45) is 0 Å². The summed E-state index contributed by atoms with van der Waals surface area (Å²) in [6.07, 6.45) is 3.98. The van der Waals surface area contributed by atoms with Gasteiger partial charge in [-0.05, 0) is 61.4 Å². The van der Waals surface area contributed by atoms with Crippen LogP contribution in [-0.4, -0.2) is 60.9 Å². The maximum absolute atomic E-state index is 12.5. The number of benzene rings is 2. The molecule has 2 aliphatic heterocycles. The number of hydrogen-bond donors (Lipinski definition) is 2. The molecule has 5 nitrogen and oxygen atoms in total. The predicted molar refractivity (Wildman–Crippen MR) is 129 cm³/mol. The van der Waals surface area contributed by atoms with Crippen molar-refractivity contribution in [3.05, 3.63) is 58.6 Å². The van der Waals surface area contributed by atoms with Crippen molar-refractivity contribution in [3.8, 4) is 5.75 Å². The number of carbonyl (C=O) groups excluding carboxylic acids is 1. The summed E-state index contributed by atoms with van der Waals surface area (Å²) in [4.78, 5) is 18.4. The van der Waals surface area contributed by atoms with Crippen LogP contribution in [0.25, 0.3) is 6.08 Å². The molecule has 7 heteroatoms. The van der Waals surface area contributed by atoms with Crippen LogP contribution in [0, 0.1) is 0 Å². The Bertz CT molecular complexity index is 958.